The van der Waals surface area contributed by atoms with E-state index in [2.05, 4.69) is 19.2 Å². The van der Waals surface area contributed by atoms with Crippen LogP contribution in [0.25, 0.3) is 0 Å². The van der Waals surface area contributed by atoms with Gasteiger partial charge in [0.15, 0.2) is 9.84 Å². The van der Waals surface area contributed by atoms with Gasteiger partial charge in [0, 0.05) is 18.4 Å². The van der Waals surface area contributed by atoms with E-state index in [0.717, 1.165) is 18.7 Å². The van der Waals surface area contributed by atoms with Gasteiger partial charge in [-0.15, -0.1) is 0 Å². The summed E-state index contributed by atoms with van der Waals surface area (Å²) in [5.74, 6) is 0.465. The molecule has 112 valence electrons. The van der Waals surface area contributed by atoms with E-state index in [1.165, 1.54) is 12.1 Å². The zero-order valence-electron chi connectivity index (χ0n) is 12.1. The van der Waals surface area contributed by atoms with Gasteiger partial charge in [0.2, 0.25) is 0 Å². The molecule has 0 aliphatic rings. The van der Waals surface area contributed by atoms with E-state index < -0.39 is 14.8 Å². The summed E-state index contributed by atoms with van der Waals surface area (Å²) in [6.07, 6.45) is 1.89. The van der Waals surface area contributed by atoms with E-state index in [1.807, 2.05) is 6.92 Å². The van der Waals surface area contributed by atoms with E-state index >= 15 is 0 Å². The smallest absolute Gasteiger partial charge is 0.293 e. The molecule has 0 aromatic heterocycles. The van der Waals surface area contributed by atoms with Crippen LogP contribution < -0.4 is 5.32 Å². The van der Waals surface area contributed by atoms with E-state index in [-0.39, 0.29) is 16.6 Å². The second kappa shape index (κ2) is 6.21. The van der Waals surface area contributed by atoms with E-state index in [9.17, 15) is 18.5 Å². The van der Waals surface area contributed by atoms with Crippen LogP contribution in [0.3, 0.4) is 0 Å². The van der Waals surface area contributed by atoms with Gasteiger partial charge in [-0.2, -0.15) is 0 Å². The molecule has 1 atom stereocenters. The molecule has 0 saturated heterocycles. The SMILES string of the molecule is CC(C)CC(C)Nc1ccc(S(C)(=O)=O)cc1[N+](=O)[O-]. The average Bonchev–Trinajstić information content (AvgIpc) is 2.26. The first kappa shape index (κ1) is 16.4. The Balaban J connectivity index is 3.12. The number of sulfone groups is 1. The lowest BCUT2D eigenvalue weighted by molar-refractivity contribution is -0.384. The van der Waals surface area contributed by atoms with Gasteiger partial charge in [0.05, 0.1) is 9.82 Å². The second-order valence-electron chi connectivity index (χ2n) is 5.38. The lowest BCUT2D eigenvalue weighted by Crippen LogP contribution is -2.18. The fourth-order valence-electron chi connectivity index (χ4n) is 2.05. The van der Waals surface area contributed by atoms with Crippen LogP contribution in [0.2, 0.25) is 0 Å². The molecule has 0 aliphatic carbocycles. The van der Waals surface area contributed by atoms with Crippen LogP contribution >= 0.6 is 0 Å². The number of anilines is 1. The third-order valence-electron chi connectivity index (χ3n) is 2.82. The van der Waals surface area contributed by atoms with Crippen molar-refractivity contribution in [3.8, 4) is 0 Å². The van der Waals surface area contributed by atoms with Crippen LogP contribution in [-0.4, -0.2) is 25.6 Å². The van der Waals surface area contributed by atoms with Crippen LogP contribution in [0.15, 0.2) is 23.1 Å². The van der Waals surface area contributed by atoms with Crippen molar-refractivity contribution in [1.82, 2.24) is 0 Å². The molecule has 1 aromatic carbocycles. The summed E-state index contributed by atoms with van der Waals surface area (Å²) in [5, 5.41) is 14.1. The van der Waals surface area contributed by atoms with Crippen LogP contribution in [0.4, 0.5) is 11.4 Å². The van der Waals surface area contributed by atoms with E-state index in [1.54, 1.807) is 0 Å². The molecule has 0 radical (unpaired) electrons. The minimum atomic E-state index is -3.46. The van der Waals surface area contributed by atoms with Crippen molar-refractivity contribution in [1.29, 1.82) is 0 Å². The Hall–Kier alpha value is -1.63. The van der Waals surface area contributed by atoms with E-state index in [0.29, 0.717) is 11.6 Å². The van der Waals surface area contributed by atoms with Crippen LogP contribution in [0.1, 0.15) is 27.2 Å². The molecule has 0 spiro atoms. The predicted octanol–water partition coefficient (Wildman–Crippen LogP) is 2.84. The van der Waals surface area contributed by atoms with Crippen molar-refractivity contribution in [2.75, 3.05) is 11.6 Å². The molecular formula is C13H20N2O4S. The first-order valence-corrected chi connectivity index (χ1v) is 8.25. The fraction of sp³-hybridized carbons (Fsp3) is 0.538. The lowest BCUT2D eigenvalue weighted by Gasteiger charge is -2.17. The number of hydrogen-bond acceptors (Lipinski definition) is 5. The summed E-state index contributed by atoms with van der Waals surface area (Å²) >= 11 is 0. The molecular weight excluding hydrogens is 280 g/mol. The maximum absolute atomic E-state index is 11.4. The van der Waals surface area contributed by atoms with Gasteiger partial charge in [-0.05, 0) is 31.4 Å². The second-order valence-corrected chi connectivity index (χ2v) is 7.40. The van der Waals surface area contributed by atoms with Gasteiger partial charge in [0.1, 0.15) is 5.69 Å². The monoisotopic (exact) mass is 300 g/mol. The lowest BCUT2D eigenvalue weighted by atomic mass is 10.0. The molecule has 20 heavy (non-hydrogen) atoms. The Bertz CT molecular complexity index is 596. The molecule has 1 N–H and O–H groups in total. The van der Waals surface area contributed by atoms with Gasteiger partial charge in [-0.3, -0.25) is 10.1 Å². The first-order chi connectivity index (χ1) is 9.11. The maximum Gasteiger partial charge on any atom is 0.293 e. The van der Waals surface area contributed by atoms with Crippen molar-refractivity contribution in [2.24, 2.45) is 5.92 Å². The molecule has 1 unspecified atom stereocenters. The third kappa shape index (κ3) is 4.48. The van der Waals surface area contributed by atoms with Gasteiger partial charge in [-0.1, -0.05) is 13.8 Å². The minimum Gasteiger partial charge on any atom is -0.377 e. The standard InChI is InChI=1S/C13H20N2O4S/c1-9(2)7-10(3)14-12-6-5-11(20(4,18)19)8-13(12)15(16)17/h5-6,8-10,14H,7H2,1-4H3. The summed E-state index contributed by atoms with van der Waals surface area (Å²) in [7, 11) is -3.46. The number of nitro groups is 1. The van der Waals surface area contributed by atoms with Gasteiger partial charge in [-0.25, -0.2) is 8.42 Å². The first-order valence-electron chi connectivity index (χ1n) is 6.36. The summed E-state index contributed by atoms with van der Waals surface area (Å²) in [6, 6.07) is 4.00. The quantitative estimate of drug-likeness (QED) is 0.644. The van der Waals surface area contributed by atoms with Crippen molar-refractivity contribution < 1.29 is 13.3 Å². The summed E-state index contributed by atoms with van der Waals surface area (Å²) < 4.78 is 22.9. The van der Waals surface area contributed by atoms with Gasteiger partial charge < -0.3 is 5.32 Å². The van der Waals surface area contributed by atoms with Crippen LogP contribution in [0.5, 0.6) is 0 Å². The molecule has 0 amide bonds. The highest BCUT2D eigenvalue weighted by molar-refractivity contribution is 7.90. The minimum absolute atomic E-state index is 0.0498. The number of hydrogen-bond donors (Lipinski definition) is 1. The summed E-state index contributed by atoms with van der Waals surface area (Å²) in [4.78, 5) is 10.5. The molecule has 0 saturated carbocycles. The maximum atomic E-state index is 11.4. The highest BCUT2D eigenvalue weighted by atomic mass is 32.2. The Morgan fingerprint density at radius 2 is 1.90 bits per heavy atom. The Kier molecular flexibility index (Phi) is 5.10. The van der Waals surface area contributed by atoms with Gasteiger partial charge >= 0.3 is 0 Å². The molecule has 1 aromatic rings. The number of nitrogens with one attached hydrogen (secondary N) is 1. The summed E-state index contributed by atoms with van der Waals surface area (Å²) in [5.41, 5.74) is 0.124. The normalized spacial score (nSPS) is 13.2. The zero-order valence-corrected chi connectivity index (χ0v) is 12.9. The molecule has 6 nitrogen and oxygen atoms in total. The van der Waals surface area contributed by atoms with Crippen molar-refractivity contribution >= 4 is 21.2 Å². The van der Waals surface area contributed by atoms with Crippen molar-refractivity contribution in [3.63, 3.8) is 0 Å². The summed E-state index contributed by atoms with van der Waals surface area (Å²) in [6.45, 7) is 6.08. The van der Waals surface area contributed by atoms with Crippen molar-refractivity contribution in [2.45, 2.75) is 38.1 Å². The molecule has 7 heteroatoms. The average molecular weight is 300 g/mol. The zero-order chi connectivity index (χ0) is 15.5. The number of benzene rings is 1. The predicted molar refractivity (Wildman–Crippen MR) is 78.7 cm³/mol. The fourth-order valence-corrected chi connectivity index (χ4v) is 2.69. The molecule has 0 heterocycles. The number of rotatable bonds is 6. The highest BCUT2D eigenvalue weighted by Crippen LogP contribution is 2.28. The third-order valence-corrected chi connectivity index (χ3v) is 3.93. The van der Waals surface area contributed by atoms with Crippen LogP contribution in [-0.2, 0) is 9.84 Å². The van der Waals surface area contributed by atoms with Crippen molar-refractivity contribution in [3.05, 3.63) is 28.3 Å². The molecule has 0 aliphatic heterocycles. The molecule has 1 rings (SSSR count). The van der Waals surface area contributed by atoms with Crippen LogP contribution in [0, 0.1) is 16.0 Å². The molecule has 0 bridgehead atoms. The highest BCUT2D eigenvalue weighted by Gasteiger charge is 2.19. The Labute approximate surface area is 119 Å². The Morgan fingerprint density at radius 3 is 2.35 bits per heavy atom. The number of nitro benzene ring substituents is 1. The van der Waals surface area contributed by atoms with Gasteiger partial charge in [0.25, 0.3) is 5.69 Å². The topological polar surface area (TPSA) is 89.3 Å². The Morgan fingerprint density at radius 1 is 1.30 bits per heavy atom. The largest absolute Gasteiger partial charge is 0.377 e. The molecule has 0 fully saturated rings. The number of nitrogens with zero attached hydrogens (tertiary/aromatic N) is 1. The van der Waals surface area contributed by atoms with E-state index in [4.69, 9.17) is 0 Å².